The molecule has 2 aliphatic rings. The molecular formula is C19H21N8O6S2+. The number of aliphatic carboxylic acids is 1. The Bertz CT molecular complexity index is 1270. The fraction of sp³-hybridized carbons (Fsp3) is 0.316. The number of carbonyl (C=O) groups is 4. The fourth-order valence-corrected chi connectivity index (χ4v) is 5.65. The molecule has 1 saturated heterocycles. The van der Waals surface area contributed by atoms with Crippen LogP contribution in [0, 0.1) is 0 Å². The van der Waals surface area contributed by atoms with Gasteiger partial charge in [-0.2, -0.15) is 4.68 Å². The molecule has 16 heteroatoms. The lowest BCUT2D eigenvalue weighted by molar-refractivity contribution is -0.752. The molecule has 35 heavy (non-hydrogen) atoms. The quantitative estimate of drug-likeness (QED) is 0.102. The highest BCUT2D eigenvalue weighted by Gasteiger charge is 2.54. The number of carboxylic acids is 1. The Kier molecular flexibility index (Phi) is 6.74. The van der Waals surface area contributed by atoms with Crippen molar-refractivity contribution in [2.24, 2.45) is 12.2 Å². The molecule has 0 unspecified atom stereocenters. The highest BCUT2D eigenvalue weighted by Crippen LogP contribution is 2.40. The number of rotatable bonds is 9. The van der Waals surface area contributed by atoms with E-state index in [1.807, 2.05) is 0 Å². The third-order valence-corrected chi connectivity index (χ3v) is 7.31. The number of hydrogen-bond acceptors (Lipinski definition) is 10. The van der Waals surface area contributed by atoms with E-state index in [0.29, 0.717) is 23.4 Å². The number of thiazole rings is 1. The topological polar surface area (TPSA) is 185 Å². The third kappa shape index (κ3) is 4.57. The lowest BCUT2D eigenvalue weighted by Gasteiger charge is -2.49. The summed E-state index contributed by atoms with van der Waals surface area (Å²) in [5.41, 5.74) is 6.61. The Morgan fingerprint density at radius 3 is 2.89 bits per heavy atom. The molecule has 14 nitrogen and oxygen atoms in total. The molecule has 2 aromatic heterocycles. The number of carboxylic acid groups (broad SMARTS) is 1. The van der Waals surface area contributed by atoms with Crippen LogP contribution in [0.5, 0.6) is 0 Å². The van der Waals surface area contributed by atoms with Crippen LogP contribution in [-0.2, 0) is 37.6 Å². The molecule has 2 aliphatic heterocycles. The van der Waals surface area contributed by atoms with Gasteiger partial charge in [0, 0.05) is 11.1 Å². The molecule has 0 bridgehead atoms. The number of thioether (sulfide) groups is 1. The lowest BCUT2D eigenvalue weighted by Crippen LogP contribution is -2.71. The van der Waals surface area contributed by atoms with Crippen LogP contribution in [0.15, 0.2) is 34.2 Å². The van der Waals surface area contributed by atoms with Crippen LogP contribution >= 0.6 is 23.1 Å². The minimum atomic E-state index is -1.25. The van der Waals surface area contributed by atoms with E-state index >= 15 is 0 Å². The largest absolute Gasteiger partial charge is 0.477 e. The number of aryl methyl sites for hydroxylation is 1. The van der Waals surface area contributed by atoms with Gasteiger partial charge in [-0.15, -0.1) is 27.8 Å². The van der Waals surface area contributed by atoms with E-state index in [0.717, 1.165) is 11.3 Å². The maximum atomic E-state index is 13.0. The third-order valence-electron chi connectivity index (χ3n) is 5.30. The predicted molar refractivity (Wildman–Crippen MR) is 125 cm³/mol. The Morgan fingerprint density at radius 2 is 2.26 bits per heavy atom. The summed E-state index contributed by atoms with van der Waals surface area (Å²) in [6.45, 7) is 0.190. The summed E-state index contributed by atoms with van der Waals surface area (Å²) in [7, 11) is 3.01. The van der Waals surface area contributed by atoms with E-state index in [1.54, 1.807) is 28.8 Å². The Balaban J connectivity index is 1.53. The van der Waals surface area contributed by atoms with E-state index in [9.17, 15) is 24.3 Å². The standard InChI is InChI=1S/C19H20N8O6S2/c1-25-4-10(21-8-28)5-26(25)3-9-6-34-17-13(16(30)27(17)14(9)18(31)32)23-15(29)12(24-33-2)11-7-35-19(20)22-11/h4-5,7-8,13,17H,3,6H2,1-2H3,(H4-,20,21,22,23,28,29,31,32)/p+1/t13-,17-/m1/s1. The maximum Gasteiger partial charge on any atom is 0.352 e. The lowest BCUT2D eigenvalue weighted by atomic mass is 10.0. The van der Waals surface area contributed by atoms with Crippen molar-refractivity contribution in [2.45, 2.75) is 18.0 Å². The molecule has 0 radical (unpaired) electrons. The van der Waals surface area contributed by atoms with Gasteiger partial charge in [-0.3, -0.25) is 19.3 Å². The fourth-order valence-electron chi connectivity index (χ4n) is 3.76. The number of fused-ring (bicyclic) bond motifs is 1. The smallest absolute Gasteiger partial charge is 0.352 e. The number of hydrogen-bond donors (Lipinski definition) is 4. The van der Waals surface area contributed by atoms with Crippen LogP contribution in [0.2, 0.25) is 0 Å². The predicted octanol–water partition coefficient (Wildman–Crippen LogP) is -1.29. The number of aromatic nitrogens is 3. The maximum absolute atomic E-state index is 13.0. The molecule has 1 fully saturated rings. The first-order valence-corrected chi connectivity index (χ1v) is 12.0. The number of oxime groups is 1. The minimum absolute atomic E-state index is 0.124. The van der Waals surface area contributed by atoms with Gasteiger partial charge in [-0.1, -0.05) is 5.16 Å². The van der Waals surface area contributed by atoms with E-state index in [4.69, 9.17) is 10.6 Å². The number of carbonyl (C=O) groups excluding carboxylic acids is 3. The second-order valence-electron chi connectivity index (χ2n) is 7.46. The number of nitrogens with zero attached hydrogens (tertiary/aromatic N) is 5. The SMILES string of the molecule is CON=C(C(=O)N[C@@H]1C(=O)N2C(C(=O)O)=C(Cn3cc(NC=O)c[n+]3C)CS[C@H]12)c1csc(N)n1. The monoisotopic (exact) mass is 521 g/mol. The van der Waals surface area contributed by atoms with Gasteiger partial charge in [0.15, 0.2) is 17.9 Å². The zero-order valence-corrected chi connectivity index (χ0v) is 20.1. The van der Waals surface area contributed by atoms with Crippen LogP contribution in [0.3, 0.4) is 0 Å². The first-order valence-electron chi connectivity index (χ1n) is 10.0. The summed E-state index contributed by atoms with van der Waals surface area (Å²) < 4.78 is 3.40. The number of nitrogen functional groups attached to an aromatic ring is 1. The molecule has 2 aromatic rings. The Labute approximate surface area is 206 Å². The van der Waals surface area contributed by atoms with Gasteiger partial charge in [0.2, 0.25) is 12.6 Å². The molecule has 0 saturated carbocycles. The van der Waals surface area contributed by atoms with Gasteiger partial charge < -0.3 is 26.3 Å². The first-order chi connectivity index (χ1) is 16.7. The zero-order chi connectivity index (χ0) is 25.3. The average Bonchev–Trinajstić information content (AvgIpc) is 3.40. The van der Waals surface area contributed by atoms with Crippen molar-refractivity contribution in [3.8, 4) is 0 Å². The zero-order valence-electron chi connectivity index (χ0n) is 18.5. The summed E-state index contributed by atoms with van der Waals surface area (Å²) in [5.74, 6) is -2.18. The highest BCUT2D eigenvalue weighted by atomic mass is 32.2. The molecule has 3 amide bonds. The van der Waals surface area contributed by atoms with Crippen molar-refractivity contribution in [2.75, 3.05) is 23.9 Å². The van der Waals surface area contributed by atoms with Crippen molar-refractivity contribution < 1.29 is 33.8 Å². The summed E-state index contributed by atoms with van der Waals surface area (Å²) in [5, 5.41) is 19.9. The van der Waals surface area contributed by atoms with Crippen molar-refractivity contribution in [3.05, 3.63) is 34.7 Å². The minimum Gasteiger partial charge on any atom is -0.477 e. The van der Waals surface area contributed by atoms with Crippen LogP contribution in [0.1, 0.15) is 5.69 Å². The Morgan fingerprint density at radius 1 is 1.49 bits per heavy atom. The molecule has 0 spiro atoms. The van der Waals surface area contributed by atoms with E-state index in [2.05, 4.69) is 20.8 Å². The Hall–Kier alpha value is -3.92. The molecular weight excluding hydrogens is 500 g/mol. The van der Waals surface area contributed by atoms with Gasteiger partial charge in [0.05, 0.1) is 6.20 Å². The van der Waals surface area contributed by atoms with E-state index in [-0.39, 0.29) is 28.8 Å². The molecule has 0 aliphatic carbocycles. The molecule has 4 heterocycles. The second kappa shape index (κ2) is 9.75. The van der Waals surface area contributed by atoms with E-state index in [1.165, 1.54) is 29.2 Å². The number of anilines is 2. The molecule has 0 aromatic carbocycles. The van der Waals surface area contributed by atoms with Crippen LogP contribution in [-0.4, -0.2) is 73.9 Å². The number of β-lactam (4-membered cyclic amide) rings is 1. The van der Waals surface area contributed by atoms with Crippen molar-refractivity contribution in [1.82, 2.24) is 19.9 Å². The van der Waals surface area contributed by atoms with Crippen LogP contribution in [0.4, 0.5) is 10.8 Å². The highest BCUT2D eigenvalue weighted by molar-refractivity contribution is 8.00. The molecule has 5 N–H and O–H groups in total. The van der Waals surface area contributed by atoms with Crippen LogP contribution in [0.25, 0.3) is 0 Å². The second-order valence-corrected chi connectivity index (χ2v) is 9.45. The van der Waals surface area contributed by atoms with Gasteiger partial charge in [-0.05, 0) is 5.57 Å². The van der Waals surface area contributed by atoms with Crippen molar-refractivity contribution in [1.29, 1.82) is 0 Å². The van der Waals surface area contributed by atoms with Gasteiger partial charge in [-0.25, -0.2) is 9.78 Å². The van der Waals surface area contributed by atoms with Crippen LogP contribution < -0.4 is 21.0 Å². The molecule has 2 atom stereocenters. The summed E-state index contributed by atoms with van der Waals surface area (Å²) in [4.78, 5) is 58.5. The van der Waals surface area contributed by atoms with Gasteiger partial charge in [0.25, 0.3) is 11.8 Å². The average molecular weight is 522 g/mol. The molecule has 184 valence electrons. The number of nitrogens with two attached hydrogens (primary N) is 1. The summed E-state index contributed by atoms with van der Waals surface area (Å²) in [6, 6.07) is -0.951. The van der Waals surface area contributed by atoms with Gasteiger partial charge >= 0.3 is 5.97 Å². The normalized spacial score (nSPS) is 19.7. The first kappa shape index (κ1) is 24.2. The summed E-state index contributed by atoms with van der Waals surface area (Å²) >= 11 is 2.45. The number of nitrogens with one attached hydrogen (secondary N) is 2. The van der Waals surface area contributed by atoms with Crippen molar-refractivity contribution in [3.63, 3.8) is 0 Å². The summed E-state index contributed by atoms with van der Waals surface area (Å²) in [6.07, 6.45) is 3.87. The van der Waals surface area contributed by atoms with E-state index < -0.39 is 29.2 Å². The number of amides is 3. The van der Waals surface area contributed by atoms with Gasteiger partial charge in [0.1, 0.15) is 42.1 Å². The van der Waals surface area contributed by atoms with Crippen molar-refractivity contribution >= 4 is 63.8 Å². The molecule has 4 rings (SSSR count).